The Kier molecular flexibility index (Phi) is 4.27. The van der Waals surface area contributed by atoms with Crippen LogP contribution in [0.4, 0.5) is 5.82 Å². The van der Waals surface area contributed by atoms with Crippen molar-refractivity contribution >= 4 is 5.82 Å². The molecule has 1 fully saturated rings. The fourth-order valence-corrected chi connectivity index (χ4v) is 2.92. The molecule has 1 aliphatic carbocycles. The van der Waals surface area contributed by atoms with Crippen LogP contribution >= 0.6 is 0 Å². The molecule has 0 radical (unpaired) electrons. The van der Waals surface area contributed by atoms with Crippen LogP contribution in [-0.2, 0) is 0 Å². The monoisotopic (exact) mass is 263 g/mol. The summed E-state index contributed by atoms with van der Waals surface area (Å²) >= 11 is 0. The standard InChI is InChI=1S/C15H25N3O/c1-9(2)15-17-13(16)8-14(18-15)19-12-6-10(3)5-11(4)7-12/h8-12H,5-7H2,1-4H3,(H2,16,17,18). The lowest BCUT2D eigenvalue weighted by molar-refractivity contribution is 0.0963. The summed E-state index contributed by atoms with van der Waals surface area (Å²) in [6.07, 6.45) is 3.76. The molecule has 0 spiro atoms. The predicted octanol–water partition coefficient (Wildman–Crippen LogP) is 3.39. The highest BCUT2D eigenvalue weighted by Gasteiger charge is 2.25. The molecule has 4 nitrogen and oxygen atoms in total. The molecule has 2 rings (SSSR count). The molecule has 1 aliphatic rings. The Labute approximate surface area is 115 Å². The Morgan fingerprint density at radius 2 is 1.79 bits per heavy atom. The normalized spacial score (nSPS) is 27.5. The molecular formula is C15H25N3O. The van der Waals surface area contributed by atoms with Crippen molar-refractivity contribution in [2.75, 3.05) is 5.73 Å². The van der Waals surface area contributed by atoms with Gasteiger partial charge in [-0.2, -0.15) is 4.98 Å². The van der Waals surface area contributed by atoms with Gasteiger partial charge in [-0.15, -0.1) is 0 Å². The Hall–Kier alpha value is -1.32. The van der Waals surface area contributed by atoms with E-state index in [0.717, 1.165) is 30.5 Å². The molecule has 2 atom stereocenters. The van der Waals surface area contributed by atoms with Gasteiger partial charge in [0.05, 0.1) is 0 Å². The number of anilines is 1. The molecule has 0 saturated heterocycles. The highest BCUT2D eigenvalue weighted by molar-refractivity contribution is 5.33. The quantitative estimate of drug-likeness (QED) is 0.908. The summed E-state index contributed by atoms with van der Waals surface area (Å²) in [5, 5.41) is 0. The van der Waals surface area contributed by atoms with Gasteiger partial charge in [-0.3, -0.25) is 0 Å². The van der Waals surface area contributed by atoms with Crippen molar-refractivity contribution in [3.8, 4) is 5.88 Å². The lowest BCUT2D eigenvalue weighted by Gasteiger charge is -2.31. The lowest BCUT2D eigenvalue weighted by Crippen LogP contribution is -2.29. The van der Waals surface area contributed by atoms with Gasteiger partial charge < -0.3 is 10.5 Å². The van der Waals surface area contributed by atoms with E-state index < -0.39 is 0 Å². The first-order valence-electron chi connectivity index (χ1n) is 7.25. The minimum absolute atomic E-state index is 0.257. The van der Waals surface area contributed by atoms with Crippen molar-refractivity contribution in [2.24, 2.45) is 11.8 Å². The SMILES string of the molecule is CC1CC(C)CC(Oc2cc(N)nc(C(C)C)n2)C1. The number of ether oxygens (including phenoxy) is 1. The highest BCUT2D eigenvalue weighted by Crippen LogP contribution is 2.31. The van der Waals surface area contributed by atoms with Gasteiger partial charge in [0.25, 0.3) is 0 Å². The number of nitrogen functional groups attached to an aromatic ring is 1. The van der Waals surface area contributed by atoms with E-state index in [1.54, 1.807) is 6.07 Å². The van der Waals surface area contributed by atoms with E-state index in [0.29, 0.717) is 11.7 Å². The average molecular weight is 263 g/mol. The van der Waals surface area contributed by atoms with Crippen molar-refractivity contribution in [1.29, 1.82) is 0 Å². The van der Waals surface area contributed by atoms with Crippen LogP contribution in [0.2, 0.25) is 0 Å². The maximum absolute atomic E-state index is 6.04. The number of nitrogens with zero attached hydrogens (tertiary/aromatic N) is 2. The van der Waals surface area contributed by atoms with Crippen molar-refractivity contribution < 1.29 is 4.74 Å². The molecule has 1 aromatic heterocycles. The van der Waals surface area contributed by atoms with E-state index >= 15 is 0 Å². The Morgan fingerprint density at radius 3 is 2.37 bits per heavy atom. The van der Waals surface area contributed by atoms with Gasteiger partial charge in [-0.05, 0) is 31.1 Å². The second-order valence-corrected chi connectivity index (χ2v) is 6.30. The van der Waals surface area contributed by atoms with E-state index in [2.05, 4.69) is 37.7 Å². The van der Waals surface area contributed by atoms with Crippen LogP contribution in [0, 0.1) is 11.8 Å². The number of hydrogen-bond acceptors (Lipinski definition) is 4. The summed E-state index contributed by atoms with van der Waals surface area (Å²) in [6, 6.07) is 1.73. The number of hydrogen-bond donors (Lipinski definition) is 1. The molecule has 0 bridgehead atoms. The third kappa shape index (κ3) is 3.82. The first kappa shape index (κ1) is 14.1. The van der Waals surface area contributed by atoms with E-state index in [4.69, 9.17) is 10.5 Å². The zero-order valence-electron chi connectivity index (χ0n) is 12.4. The molecule has 2 unspecified atom stereocenters. The van der Waals surface area contributed by atoms with Gasteiger partial charge in [0.15, 0.2) is 0 Å². The fraction of sp³-hybridized carbons (Fsp3) is 0.733. The largest absolute Gasteiger partial charge is 0.474 e. The first-order valence-corrected chi connectivity index (χ1v) is 7.25. The zero-order chi connectivity index (χ0) is 14.0. The maximum atomic E-state index is 6.04. The number of nitrogens with two attached hydrogens (primary N) is 1. The summed E-state index contributed by atoms with van der Waals surface area (Å²) in [5.41, 5.74) is 5.83. The van der Waals surface area contributed by atoms with Crippen LogP contribution in [-0.4, -0.2) is 16.1 Å². The van der Waals surface area contributed by atoms with Gasteiger partial charge in [0.2, 0.25) is 5.88 Å². The molecule has 0 amide bonds. The summed E-state index contributed by atoms with van der Waals surface area (Å²) in [6.45, 7) is 8.70. The van der Waals surface area contributed by atoms with Crippen molar-refractivity contribution in [3.05, 3.63) is 11.9 Å². The lowest BCUT2D eigenvalue weighted by atomic mass is 9.82. The third-order valence-corrected chi connectivity index (χ3v) is 3.68. The zero-order valence-corrected chi connectivity index (χ0v) is 12.4. The number of rotatable bonds is 3. The first-order chi connectivity index (χ1) is 8.94. The van der Waals surface area contributed by atoms with Gasteiger partial charge in [-0.25, -0.2) is 4.98 Å². The molecule has 0 aromatic carbocycles. The molecule has 4 heteroatoms. The molecule has 106 valence electrons. The Balaban J connectivity index is 2.10. The van der Waals surface area contributed by atoms with Crippen LogP contribution in [0.25, 0.3) is 0 Å². The van der Waals surface area contributed by atoms with E-state index in [1.165, 1.54) is 6.42 Å². The van der Waals surface area contributed by atoms with Crippen LogP contribution < -0.4 is 10.5 Å². The summed E-state index contributed by atoms with van der Waals surface area (Å²) in [7, 11) is 0. The Bertz CT molecular complexity index is 423. The molecule has 1 saturated carbocycles. The van der Waals surface area contributed by atoms with Gasteiger partial charge in [-0.1, -0.05) is 27.7 Å². The Morgan fingerprint density at radius 1 is 1.16 bits per heavy atom. The topological polar surface area (TPSA) is 61.0 Å². The third-order valence-electron chi connectivity index (χ3n) is 3.68. The summed E-state index contributed by atoms with van der Waals surface area (Å²) in [5.74, 6) is 3.57. The summed E-state index contributed by atoms with van der Waals surface area (Å²) < 4.78 is 6.04. The second kappa shape index (κ2) is 5.76. The van der Waals surface area contributed by atoms with Crippen LogP contribution in [0.5, 0.6) is 5.88 Å². The second-order valence-electron chi connectivity index (χ2n) is 6.30. The molecular weight excluding hydrogens is 238 g/mol. The van der Waals surface area contributed by atoms with Gasteiger partial charge >= 0.3 is 0 Å². The van der Waals surface area contributed by atoms with Crippen LogP contribution in [0.1, 0.15) is 58.7 Å². The molecule has 0 aliphatic heterocycles. The predicted molar refractivity (Wildman–Crippen MR) is 77.1 cm³/mol. The van der Waals surface area contributed by atoms with Crippen molar-refractivity contribution in [3.63, 3.8) is 0 Å². The molecule has 1 heterocycles. The van der Waals surface area contributed by atoms with E-state index in [-0.39, 0.29) is 12.0 Å². The molecule has 1 aromatic rings. The van der Waals surface area contributed by atoms with E-state index in [1.807, 2.05) is 0 Å². The fourth-order valence-electron chi connectivity index (χ4n) is 2.92. The van der Waals surface area contributed by atoms with Gasteiger partial charge in [0, 0.05) is 12.0 Å². The van der Waals surface area contributed by atoms with Crippen molar-refractivity contribution in [2.45, 2.75) is 59.0 Å². The summed E-state index contributed by atoms with van der Waals surface area (Å²) in [4.78, 5) is 8.71. The van der Waals surface area contributed by atoms with Crippen molar-refractivity contribution in [1.82, 2.24) is 9.97 Å². The highest BCUT2D eigenvalue weighted by atomic mass is 16.5. The molecule has 2 N–H and O–H groups in total. The van der Waals surface area contributed by atoms with E-state index in [9.17, 15) is 0 Å². The van der Waals surface area contributed by atoms with Crippen LogP contribution in [0.15, 0.2) is 6.07 Å². The maximum Gasteiger partial charge on any atom is 0.219 e. The van der Waals surface area contributed by atoms with Gasteiger partial charge in [0.1, 0.15) is 17.7 Å². The minimum Gasteiger partial charge on any atom is -0.474 e. The smallest absolute Gasteiger partial charge is 0.219 e. The van der Waals surface area contributed by atoms with Crippen LogP contribution in [0.3, 0.4) is 0 Å². The average Bonchev–Trinajstić information content (AvgIpc) is 2.26. The minimum atomic E-state index is 0.257. The number of aromatic nitrogens is 2. The molecule has 19 heavy (non-hydrogen) atoms.